The summed E-state index contributed by atoms with van der Waals surface area (Å²) in [4.78, 5) is 12.5. The predicted molar refractivity (Wildman–Crippen MR) is 87.6 cm³/mol. The molecule has 23 heavy (non-hydrogen) atoms. The van der Waals surface area contributed by atoms with Gasteiger partial charge in [-0.3, -0.25) is 4.79 Å². The zero-order chi connectivity index (χ0) is 16.2. The van der Waals surface area contributed by atoms with Gasteiger partial charge in [0.2, 0.25) is 0 Å². The van der Waals surface area contributed by atoms with Crippen molar-refractivity contribution in [3.05, 3.63) is 76.7 Å². The predicted octanol–water partition coefficient (Wildman–Crippen LogP) is 3.34. The zero-order valence-electron chi connectivity index (χ0n) is 12.9. The average molecular weight is 308 g/mol. The summed E-state index contributed by atoms with van der Waals surface area (Å²) in [6.45, 7) is 1.99. The minimum atomic E-state index is -0.313. The van der Waals surface area contributed by atoms with E-state index in [1.807, 2.05) is 31.2 Å². The molecule has 0 amide bonds. The third kappa shape index (κ3) is 3.23. The molecule has 5 nitrogen and oxygen atoms in total. The molecule has 0 aliphatic heterocycles. The number of hydrogen-bond donors (Lipinski definition) is 0. The molecule has 3 rings (SSSR count). The lowest BCUT2D eigenvalue weighted by atomic mass is 10.2. The van der Waals surface area contributed by atoms with E-state index in [0.717, 1.165) is 11.3 Å². The Morgan fingerprint density at radius 3 is 2.22 bits per heavy atom. The van der Waals surface area contributed by atoms with Gasteiger partial charge in [-0.15, -0.1) is 0 Å². The van der Waals surface area contributed by atoms with E-state index in [-0.39, 0.29) is 11.3 Å². The number of methoxy groups -OCH3 is 1. The molecular formula is C18H16N2O3. The number of aromatic nitrogens is 2. The molecule has 0 atom stereocenters. The Balaban J connectivity index is 1.93. The minimum Gasteiger partial charge on any atom is -0.497 e. The van der Waals surface area contributed by atoms with Crippen LogP contribution in [0.3, 0.4) is 0 Å². The number of rotatable bonds is 4. The summed E-state index contributed by atoms with van der Waals surface area (Å²) in [7, 11) is 1.60. The van der Waals surface area contributed by atoms with Crippen LogP contribution in [0.4, 0.5) is 0 Å². The molecule has 0 saturated heterocycles. The van der Waals surface area contributed by atoms with Gasteiger partial charge < -0.3 is 9.47 Å². The monoisotopic (exact) mass is 308 g/mol. The first-order chi connectivity index (χ1) is 11.2. The molecule has 2 aromatic carbocycles. The molecule has 0 N–H and O–H groups in total. The quantitative estimate of drug-likeness (QED) is 0.742. The average Bonchev–Trinajstić information content (AvgIpc) is 2.58. The van der Waals surface area contributed by atoms with Gasteiger partial charge in [0.15, 0.2) is 5.75 Å². The van der Waals surface area contributed by atoms with Crippen molar-refractivity contribution in [3.63, 3.8) is 0 Å². The first-order valence-corrected chi connectivity index (χ1v) is 7.14. The van der Waals surface area contributed by atoms with Crippen LogP contribution in [-0.2, 0) is 0 Å². The lowest BCUT2D eigenvalue weighted by molar-refractivity contribution is 0.412. The van der Waals surface area contributed by atoms with Crippen LogP contribution in [0.5, 0.6) is 17.2 Å². The highest BCUT2D eigenvalue weighted by Gasteiger charge is 2.08. The summed E-state index contributed by atoms with van der Waals surface area (Å²) in [6.07, 6.45) is 1.54. The second-order valence-corrected chi connectivity index (χ2v) is 5.03. The molecule has 0 saturated carbocycles. The Morgan fingerprint density at radius 1 is 0.913 bits per heavy atom. The fraction of sp³-hybridized carbons (Fsp3) is 0.111. The molecule has 0 unspecified atom stereocenters. The second-order valence-electron chi connectivity index (χ2n) is 5.03. The summed E-state index contributed by atoms with van der Waals surface area (Å²) in [5.41, 5.74) is 1.50. The summed E-state index contributed by atoms with van der Waals surface area (Å²) in [6, 6.07) is 16.1. The molecule has 3 aromatic rings. The van der Waals surface area contributed by atoms with Gasteiger partial charge in [-0.05, 0) is 43.3 Å². The second kappa shape index (κ2) is 6.36. The van der Waals surface area contributed by atoms with Crippen molar-refractivity contribution in [1.29, 1.82) is 0 Å². The van der Waals surface area contributed by atoms with Gasteiger partial charge in [-0.1, -0.05) is 17.7 Å². The summed E-state index contributed by atoms with van der Waals surface area (Å²) >= 11 is 0. The van der Waals surface area contributed by atoms with Crippen LogP contribution >= 0.6 is 0 Å². The van der Waals surface area contributed by atoms with Gasteiger partial charge in [0.25, 0.3) is 0 Å². The van der Waals surface area contributed by atoms with Crippen molar-refractivity contribution in [3.8, 4) is 22.9 Å². The van der Waals surface area contributed by atoms with E-state index in [1.165, 1.54) is 4.68 Å². The topological polar surface area (TPSA) is 53.4 Å². The standard InChI is InChI=1S/C18H16N2O3/c1-13-3-5-14(6-4-13)20-18(21)17(11-12-19-20)23-16-9-7-15(22-2)8-10-16/h3-12H,1-2H3. The van der Waals surface area contributed by atoms with Gasteiger partial charge in [0.05, 0.1) is 19.0 Å². The van der Waals surface area contributed by atoms with Crippen LogP contribution < -0.4 is 15.0 Å². The summed E-state index contributed by atoms with van der Waals surface area (Å²) in [5, 5.41) is 4.11. The van der Waals surface area contributed by atoms with Gasteiger partial charge >= 0.3 is 5.56 Å². The van der Waals surface area contributed by atoms with E-state index < -0.39 is 0 Å². The smallest absolute Gasteiger partial charge is 0.314 e. The van der Waals surface area contributed by atoms with Crippen molar-refractivity contribution in [2.45, 2.75) is 6.92 Å². The highest BCUT2D eigenvalue weighted by molar-refractivity contribution is 5.37. The van der Waals surface area contributed by atoms with Crippen LogP contribution in [0, 0.1) is 6.92 Å². The molecule has 1 aromatic heterocycles. The molecule has 0 bridgehead atoms. The Hall–Kier alpha value is -3.08. The summed E-state index contributed by atoms with van der Waals surface area (Å²) in [5.74, 6) is 1.50. The van der Waals surface area contributed by atoms with Crippen molar-refractivity contribution in [1.82, 2.24) is 9.78 Å². The van der Waals surface area contributed by atoms with E-state index in [1.54, 1.807) is 43.6 Å². The Bertz CT molecular complexity index is 853. The van der Waals surface area contributed by atoms with E-state index in [4.69, 9.17) is 9.47 Å². The number of aryl methyl sites for hydroxylation is 1. The molecule has 116 valence electrons. The number of nitrogens with zero attached hydrogens (tertiary/aromatic N) is 2. The maximum Gasteiger partial charge on any atom is 0.314 e. The zero-order valence-corrected chi connectivity index (χ0v) is 12.9. The lowest BCUT2D eigenvalue weighted by Gasteiger charge is -2.09. The highest BCUT2D eigenvalue weighted by atomic mass is 16.5. The normalized spacial score (nSPS) is 10.3. The van der Waals surface area contributed by atoms with Crippen LogP contribution in [-0.4, -0.2) is 16.9 Å². The molecular weight excluding hydrogens is 292 g/mol. The Kier molecular flexibility index (Phi) is 4.10. The third-order valence-electron chi connectivity index (χ3n) is 3.38. The van der Waals surface area contributed by atoms with Crippen LogP contribution in [0.1, 0.15) is 5.56 Å². The van der Waals surface area contributed by atoms with Crippen LogP contribution in [0.15, 0.2) is 65.6 Å². The maximum absolute atomic E-state index is 12.5. The molecule has 0 radical (unpaired) electrons. The minimum absolute atomic E-state index is 0.214. The molecule has 5 heteroatoms. The molecule has 0 aliphatic carbocycles. The molecule has 1 heterocycles. The Morgan fingerprint density at radius 2 is 1.57 bits per heavy atom. The fourth-order valence-electron chi connectivity index (χ4n) is 2.11. The largest absolute Gasteiger partial charge is 0.497 e. The van der Waals surface area contributed by atoms with Crippen molar-refractivity contribution < 1.29 is 9.47 Å². The van der Waals surface area contributed by atoms with Gasteiger partial charge in [0.1, 0.15) is 11.5 Å². The molecule has 0 aliphatic rings. The SMILES string of the molecule is COc1ccc(Oc2ccnn(-c3ccc(C)cc3)c2=O)cc1. The van der Waals surface area contributed by atoms with Crippen LogP contribution in [0.25, 0.3) is 5.69 Å². The molecule has 0 spiro atoms. The number of ether oxygens (including phenoxy) is 2. The first kappa shape index (κ1) is 14.8. The van der Waals surface area contributed by atoms with E-state index >= 15 is 0 Å². The fourth-order valence-corrected chi connectivity index (χ4v) is 2.11. The van der Waals surface area contributed by atoms with Gasteiger partial charge in [0, 0.05) is 6.07 Å². The maximum atomic E-state index is 12.5. The highest BCUT2D eigenvalue weighted by Crippen LogP contribution is 2.21. The van der Waals surface area contributed by atoms with Crippen molar-refractivity contribution in [2.75, 3.05) is 7.11 Å². The molecule has 0 fully saturated rings. The van der Waals surface area contributed by atoms with E-state index in [0.29, 0.717) is 11.4 Å². The van der Waals surface area contributed by atoms with Crippen LogP contribution in [0.2, 0.25) is 0 Å². The summed E-state index contributed by atoms with van der Waals surface area (Å²) < 4.78 is 12.1. The van der Waals surface area contributed by atoms with Gasteiger partial charge in [-0.2, -0.15) is 9.78 Å². The number of hydrogen-bond acceptors (Lipinski definition) is 4. The first-order valence-electron chi connectivity index (χ1n) is 7.14. The van der Waals surface area contributed by atoms with Crippen molar-refractivity contribution >= 4 is 0 Å². The van der Waals surface area contributed by atoms with Gasteiger partial charge in [-0.25, -0.2) is 0 Å². The van der Waals surface area contributed by atoms with E-state index in [9.17, 15) is 4.79 Å². The Labute approximate surface area is 133 Å². The number of benzene rings is 2. The van der Waals surface area contributed by atoms with Crippen molar-refractivity contribution in [2.24, 2.45) is 0 Å². The lowest BCUT2D eigenvalue weighted by Crippen LogP contribution is -2.21. The van der Waals surface area contributed by atoms with E-state index in [2.05, 4.69) is 5.10 Å². The third-order valence-corrected chi connectivity index (χ3v) is 3.38.